The highest BCUT2D eigenvalue weighted by Gasteiger charge is 2.57. The second-order valence-corrected chi connectivity index (χ2v) is 12.6. The van der Waals surface area contributed by atoms with Crippen LogP contribution in [0.2, 0.25) is 0 Å². The summed E-state index contributed by atoms with van der Waals surface area (Å²) < 4.78 is 32.5. The Hall–Kier alpha value is -2.04. The Morgan fingerprint density at radius 2 is 1.11 bits per heavy atom. The fourth-order valence-electron chi connectivity index (χ4n) is 3.83. The molecule has 0 unspecified atom stereocenters. The van der Waals surface area contributed by atoms with Gasteiger partial charge in [-0.3, -0.25) is 0 Å². The van der Waals surface area contributed by atoms with Gasteiger partial charge in [0, 0.05) is 6.54 Å². The topological polar surface area (TPSA) is 51.5 Å². The molecule has 3 aromatic rings. The smallest absolute Gasteiger partial charge is 0.195 e. The summed E-state index contributed by atoms with van der Waals surface area (Å²) in [6.07, 6.45) is 0. The molecule has 0 aromatic heterocycles. The zero-order valence-electron chi connectivity index (χ0n) is 15.9. The number of hydrogen-bond donors (Lipinski definition) is 0. The summed E-state index contributed by atoms with van der Waals surface area (Å²) in [4.78, 5) is 0. The van der Waals surface area contributed by atoms with Gasteiger partial charge in [-0.2, -0.15) is 0 Å². The van der Waals surface area contributed by atoms with Crippen molar-refractivity contribution >= 4 is 33.5 Å². The van der Waals surface area contributed by atoms with E-state index in [2.05, 4.69) is 4.72 Å². The van der Waals surface area contributed by atoms with E-state index in [0.29, 0.717) is 6.54 Å². The van der Waals surface area contributed by atoms with E-state index in [1.54, 1.807) is 4.08 Å². The van der Waals surface area contributed by atoms with Crippen molar-refractivity contribution in [3.05, 3.63) is 95.7 Å². The summed E-state index contributed by atoms with van der Waals surface area (Å²) in [5.41, 5.74) is -0.664. The van der Waals surface area contributed by atoms with Crippen LogP contribution in [0.4, 0.5) is 0 Å². The molecule has 6 heteroatoms. The normalized spacial score (nSPS) is 18.8. The minimum atomic E-state index is -3.79. The van der Waals surface area contributed by atoms with Crippen LogP contribution < -0.4 is 15.9 Å². The average Bonchev–Trinajstić information content (AvgIpc) is 2.92. The molecule has 1 aliphatic rings. The molecular formula is C22H23N2O2PS. The molecule has 0 spiro atoms. The maximum atomic E-state index is 13.3. The Kier molecular flexibility index (Phi) is 4.88. The molecule has 0 amide bonds. The first-order chi connectivity index (χ1) is 13.4. The minimum absolute atomic E-state index is 0.349. The molecule has 0 aliphatic carbocycles. The van der Waals surface area contributed by atoms with Crippen LogP contribution in [0.3, 0.4) is 0 Å². The van der Waals surface area contributed by atoms with Crippen LogP contribution in [0.15, 0.2) is 91.0 Å². The molecule has 1 heterocycles. The summed E-state index contributed by atoms with van der Waals surface area (Å²) in [5, 5.41) is 3.01. The molecule has 144 valence electrons. The summed E-state index contributed by atoms with van der Waals surface area (Å²) in [6.45, 7) is 4.10. The standard InChI is InChI=1S/C22H23N2O2PS/c1-22(2)18-24(28(25,26)23-22)27(19-12-6-3-7-13-19,20-14-8-4-9-15-20)21-16-10-5-11-17-21/h3-17H,18H2,1-2H3. The van der Waals surface area contributed by atoms with Crippen molar-refractivity contribution in [2.45, 2.75) is 19.4 Å². The van der Waals surface area contributed by atoms with Crippen molar-refractivity contribution in [1.82, 2.24) is 4.08 Å². The van der Waals surface area contributed by atoms with Gasteiger partial charge in [0.05, 0.1) is 0 Å². The molecule has 28 heavy (non-hydrogen) atoms. The number of benzene rings is 3. The highest BCUT2D eigenvalue weighted by Crippen LogP contribution is 2.63. The molecule has 0 bridgehead atoms. The first-order valence-electron chi connectivity index (χ1n) is 9.19. The van der Waals surface area contributed by atoms with E-state index in [1.807, 2.05) is 105 Å². The lowest BCUT2D eigenvalue weighted by atomic mass is 10.1. The summed E-state index contributed by atoms with van der Waals surface area (Å²) in [5.74, 6) is 0. The van der Waals surface area contributed by atoms with E-state index in [-0.39, 0.29) is 0 Å². The molecule has 4 nitrogen and oxygen atoms in total. The highest BCUT2D eigenvalue weighted by atomic mass is 32.2. The third-order valence-electron chi connectivity index (χ3n) is 4.88. The van der Waals surface area contributed by atoms with E-state index in [1.165, 1.54) is 0 Å². The largest absolute Gasteiger partial charge is 0.526 e. The monoisotopic (exact) mass is 410 g/mol. The van der Waals surface area contributed by atoms with Crippen molar-refractivity contribution in [2.75, 3.05) is 6.54 Å². The van der Waals surface area contributed by atoms with Gasteiger partial charge < -0.3 is 4.72 Å². The second kappa shape index (κ2) is 7.09. The van der Waals surface area contributed by atoms with Gasteiger partial charge in [0.15, 0.2) is 17.6 Å². The Bertz CT molecular complexity index is 959. The van der Waals surface area contributed by atoms with E-state index in [4.69, 9.17) is 0 Å². The van der Waals surface area contributed by atoms with Gasteiger partial charge in [-0.15, -0.1) is 5.54 Å². The van der Waals surface area contributed by atoms with E-state index in [9.17, 15) is 8.42 Å². The fraction of sp³-hybridized carbons (Fsp3) is 0.182. The van der Waals surface area contributed by atoms with Gasteiger partial charge in [-0.05, 0) is 36.4 Å². The zero-order chi connectivity index (χ0) is 19.8. The van der Waals surface area contributed by atoms with Crippen LogP contribution in [-0.4, -0.2) is 24.6 Å². The van der Waals surface area contributed by atoms with Crippen LogP contribution in [0, 0.1) is 0 Å². The molecule has 0 saturated carbocycles. The quantitative estimate of drug-likeness (QED) is 0.617. The van der Waals surface area contributed by atoms with Gasteiger partial charge >= 0.3 is 0 Å². The van der Waals surface area contributed by atoms with Gasteiger partial charge in [0.25, 0.3) is 0 Å². The fourth-order valence-corrected chi connectivity index (χ4v) is 11.3. The Morgan fingerprint density at radius 3 is 1.39 bits per heavy atom. The van der Waals surface area contributed by atoms with Gasteiger partial charge in [-0.25, -0.2) is 8.42 Å². The summed E-state index contributed by atoms with van der Waals surface area (Å²) in [7, 11) is -6.44. The van der Waals surface area contributed by atoms with E-state index < -0.39 is 23.2 Å². The molecule has 1 fully saturated rings. The number of rotatable bonds is 4. The lowest BCUT2D eigenvalue weighted by Crippen LogP contribution is -2.44. The van der Waals surface area contributed by atoms with Crippen molar-refractivity contribution < 1.29 is 8.42 Å². The SMILES string of the molecule is CC1(C)CN([P+](c2ccccc2)(c2ccccc2)c2ccccc2)S(=O)(=O)[N-]1. The predicted octanol–water partition coefficient (Wildman–Crippen LogP) is 3.61. The molecule has 1 aliphatic heterocycles. The van der Waals surface area contributed by atoms with Crippen LogP contribution in [0.25, 0.3) is 4.72 Å². The lowest BCUT2D eigenvalue weighted by Gasteiger charge is -2.34. The third-order valence-corrected chi connectivity index (χ3v) is 11.6. The number of nitrogens with zero attached hydrogens (tertiary/aromatic N) is 2. The highest BCUT2D eigenvalue weighted by molar-refractivity contribution is 8.06. The van der Waals surface area contributed by atoms with Crippen LogP contribution >= 0.6 is 7.41 Å². The molecule has 3 aromatic carbocycles. The minimum Gasteiger partial charge on any atom is -0.526 e. The first kappa shape index (κ1) is 19.3. The third kappa shape index (κ3) is 3.19. The maximum absolute atomic E-state index is 13.3. The van der Waals surface area contributed by atoms with E-state index in [0.717, 1.165) is 15.9 Å². The molecule has 0 atom stereocenters. The maximum Gasteiger partial charge on any atom is 0.195 e. The van der Waals surface area contributed by atoms with Crippen molar-refractivity contribution in [2.24, 2.45) is 0 Å². The molecule has 0 radical (unpaired) electrons. The van der Waals surface area contributed by atoms with Gasteiger partial charge in [-0.1, -0.05) is 72.5 Å². The Balaban J connectivity index is 2.11. The molecule has 1 saturated heterocycles. The lowest BCUT2D eigenvalue weighted by molar-refractivity contribution is 0.527. The van der Waals surface area contributed by atoms with Crippen molar-refractivity contribution in [1.29, 1.82) is 0 Å². The molecule has 0 N–H and O–H groups in total. The van der Waals surface area contributed by atoms with E-state index >= 15 is 0 Å². The van der Waals surface area contributed by atoms with Crippen LogP contribution in [-0.2, 0) is 10.2 Å². The van der Waals surface area contributed by atoms with Crippen molar-refractivity contribution in [3.8, 4) is 0 Å². The summed E-state index contributed by atoms with van der Waals surface area (Å²) in [6, 6.07) is 29.9. The van der Waals surface area contributed by atoms with Crippen molar-refractivity contribution in [3.63, 3.8) is 0 Å². The number of hydrogen-bond acceptors (Lipinski definition) is 2. The Morgan fingerprint density at radius 1 is 0.750 bits per heavy atom. The second-order valence-electron chi connectivity index (χ2n) is 7.50. The van der Waals surface area contributed by atoms with Gasteiger partial charge in [0.2, 0.25) is 0 Å². The Labute approximate surface area is 167 Å². The van der Waals surface area contributed by atoms with Crippen LogP contribution in [0.1, 0.15) is 13.8 Å². The molecular weight excluding hydrogens is 387 g/mol. The van der Waals surface area contributed by atoms with Crippen LogP contribution in [0.5, 0.6) is 0 Å². The van der Waals surface area contributed by atoms with Gasteiger partial charge in [0.1, 0.15) is 15.9 Å². The predicted molar refractivity (Wildman–Crippen MR) is 118 cm³/mol. The molecule has 4 rings (SSSR count). The summed E-state index contributed by atoms with van der Waals surface area (Å²) >= 11 is 0. The average molecular weight is 410 g/mol. The first-order valence-corrected chi connectivity index (χ1v) is 12.3. The zero-order valence-corrected chi connectivity index (χ0v) is 17.6.